The van der Waals surface area contributed by atoms with Crippen LogP contribution in [0.2, 0.25) is 0 Å². The van der Waals surface area contributed by atoms with Crippen LogP contribution in [0.3, 0.4) is 0 Å². The van der Waals surface area contributed by atoms with Crippen LogP contribution in [0, 0.1) is 12.7 Å². The number of carbonyl (C=O) groups is 1. The van der Waals surface area contributed by atoms with Crippen molar-refractivity contribution < 1.29 is 18.7 Å². The van der Waals surface area contributed by atoms with Gasteiger partial charge in [0, 0.05) is 22.6 Å². The minimum absolute atomic E-state index is 0.164. The lowest BCUT2D eigenvalue weighted by atomic mass is 10.1. The third-order valence-electron chi connectivity index (χ3n) is 4.54. The minimum atomic E-state index is -0.307. The molecule has 30 heavy (non-hydrogen) atoms. The Morgan fingerprint density at radius 2 is 1.83 bits per heavy atom. The molecule has 0 unspecified atom stereocenters. The Kier molecular flexibility index (Phi) is 4.84. The van der Waals surface area contributed by atoms with Gasteiger partial charge in [0.1, 0.15) is 19.0 Å². The summed E-state index contributed by atoms with van der Waals surface area (Å²) >= 11 is 2.84. The zero-order valence-corrected chi connectivity index (χ0v) is 17.5. The van der Waals surface area contributed by atoms with Gasteiger partial charge in [0.05, 0.1) is 27.3 Å². The number of ether oxygens (including phenoxy) is 2. The smallest absolute Gasteiger partial charge is 0.231 e. The summed E-state index contributed by atoms with van der Waals surface area (Å²) in [7, 11) is 0. The Labute approximate surface area is 179 Å². The van der Waals surface area contributed by atoms with Crippen molar-refractivity contribution in [2.24, 2.45) is 0 Å². The zero-order chi connectivity index (χ0) is 20.7. The van der Waals surface area contributed by atoms with E-state index in [1.165, 1.54) is 34.8 Å². The Balaban J connectivity index is 1.36. The molecule has 152 valence electrons. The zero-order valence-electron chi connectivity index (χ0n) is 15.9. The maximum absolute atomic E-state index is 13.2. The summed E-state index contributed by atoms with van der Waals surface area (Å²) in [6.45, 7) is 2.92. The fraction of sp³-hybridized carbons (Fsp3) is 0.190. The topological polar surface area (TPSA) is 73.3 Å². The second kappa shape index (κ2) is 7.66. The summed E-state index contributed by atoms with van der Waals surface area (Å²) in [5.74, 6) is 0.872. The van der Waals surface area contributed by atoms with Gasteiger partial charge in [0.15, 0.2) is 16.6 Å². The Morgan fingerprint density at radius 3 is 2.60 bits per heavy atom. The molecule has 2 aromatic carbocycles. The van der Waals surface area contributed by atoms with Crippen molar-refractivity contribution in [2.75, 3.05) is 18.5 Å². The summed E-state index contributed by atoms with van der Waals surface area (Å²) in [5.41, 5.74) is 2.24. The van der Waals surface area contributed by atoms with E-state index in [-0.39, 0.29) is 18.1 Å². The standard InChI is InChI=1S/C21H16FN3O3S2/c1-11-23-20(12-2-4-13(22)5-3-12)18(29-11)10-19(26)25-21-24-14-8-15-16(9-17(14)30-21)28-7-6-27-15/h2-5,8-9H,6-7,10H2,1H3,(H,24,25,26). The van der Waals surface area contributed by atoms with E-state index < -0.39 is 0 Å². The number of halogens is 1. The first-order chi connectivity index (χ1) is 14.5. The quantitative estimate of drug-likeness (QED) is 0.492. The molecule has 4 aromatic rings. The average molecular weight is 442 g/mol. The third-order valence-corrected chi connectivity index (χ3v) is 6.45. The third kappa shape index (κ3) is 3.73. The van der Waals surface area contributed by atoms with Crippen LogP contribution in [0.15, 0.2) is 36.4 Å². The fourth-order valence-corrected chi connectivity index (χ4v) is 5.10. The van der Waals surface area contributed by atoms with Crippen molar-refractivity contribution in [1.82, 2.24) is 9.97 Å². The number of fused-ring (bicyclic) bond motifs is 2. The van der Waals surface area contributed by atoms with Gasteiger partial charge in [-0.15, -0.1) is 11.3 Å². The van der Waals surface area contributed by atoms with E-state index in [0.29, 0.717) is 35.5 Å². The summed E-state index contributed by atoms with van der Waals surface area (Å²) in [5, 5.41) is 4.24. The van der Waals surface area contributed by atoms with Crippen molar-refractivity contribution in [3.63, 3.8) is 0 Å². The van der Waals surface area contributed by atoms with E-state index >= 15 is 0 Å². The van der Waals surface area contributed by atoms with Crippen LogP contribution in [0.25, 0.3) is 21.5 Å². The normalized spacial score (nSPS) is 12.9. The van der Waals surface area contributed by atoms with E-state index in [2.05, 4.69) is 15.3 Å². The number of benzene rings is 2. The Hall–Kier alpha value is -3.04. The molecule has 0 spiro atoms. The van der Waals surface area contributed by atoms with Crippen LogP contribution < -0.4 is 14.8 Å². The largest absolute Gasteiger partial charge is 0.486 e. The van der Waals surface area contributed by atoms with Crippen molar-refractivity contribution in [1.29, 1.82) is 0 Å². The van der Waals surface area contributed by atoms with Gasteiger partial charge in [-0.05, 0) is 31.2 Å². The molecule has 0 radical (unpaired) electrons. The van der Waals surface area contributed by atoms with Gasteiger partial charge in [-0.3, -0.25) is 4.79 Å². The molecule has 0 fully saturated rings. The van der Waals surface area contributed by atoms with Crippen LogP contribution in [-0.4, -0.2) is 29.1 Å². The molecule has 0 atom stereocenters. The predicted octanol–water partition coefficient (Wildman–Crippen LogP) is 4.82. The summed E-state index contributed by atoms with van der Waals surface area (Å²) < 4.78 is 25.3. The molecule has 3 heterocycles. The molecule has 1 N–H and O–H groups in total. The maximum atomic E-state index is 13.2. The monoisotopic (exact) mass is 441 g/mol. The van der Waals surface area contributed by atoms with E-state index in [9.17, 15) is 9.18 Å². The van der Waals surface area contributed by atoms with Crippen molar-refractivity contribution in [3.05, 3.63) is 52.1 Å². The van der Waals surface area contributed by atoms with Gasteiger partial charge < -0.3 is 14.8 Å². The van der Waals surface area contributed by atoms with E-state index in [0.717, 1.165) is 25.7 Å². The molecule has 0 bridgehead atoms. The molecule has 1 amide bonds. The summed E-state index contributed by atoms with van der Waals surface area (Å²) in [6.07, 6.45) is 0.164. The van der Waals surface area contributed by atoms with Gasteiger partial charge in [-0.25, -0.2) is 14.4 Å². The lowest BCUT2D eigenvalue weighted by Gasteiger charge is -2.17. The molecule has 5 rings (SSSR count). The molecule has 0 saturated heterocycles. The van der Waals surface area contributed by atoms with Crippen LogP contribution >= 0.6 is 22.7 Å². The van der Waals surface area contributed by atoms with Crippen molar-refractivity contribution >= 4 is 43.9 Å². The highest BCUT2D eigenvalue weighted by atomic mass is 32.1. The number of nitrogens with zero attached hydrogens (tertiary/aromatic N) is 2. The van der Waals surface area contributed by atoms with E-state index in [4.69, 9.17) is 9.47 Å². The summed E-state index contributed by atoms with van der Waals surface area (Å²) in [6, 6.07) is 9.84. The number of hydrogen-bond acceptors (Lipinski definition) is 7. The molecular formula is C21H16FN3O3S2. The molecule has 0 aliphatic carbocycles. The number of aromatic nitrogens is 2. The first-order valence-electron chi connectivity index (χ1n) is 9.27. The molecule has 0 saturated carbocycles. The highest BCUT2D eigenvalue weighted by Gasteiger charge is 2.18. The van der Waals surface area contributed by atoms with E-state index in [1.807, 2.05) is 19.1 Å². The Morgan fingerprint density at radius 1 is 1.10 bits per heavy atom. The number of rotatable bonds is 4. The van der Waals surface area contributed by atoms with Crippen LogP contribution in [0.4, 0.5) is 9.52 Å². The molecule has 6 nitrogen and oxygen atoms in total. The molecular weight excluding hydrogens is 425 g/mol. The second-order valence-electron chi connectivity index (χ2n) is 6.72. The highest BCUT2D eigenvalue weighted by Crippen LogP contribution is 2.38. The van der Waals surface area contributed by atoms with Crippen LogP contribution in [-0.2, 0) is 11.2 Å². The number of aryl methyl sites for hydroxylation is 1. The Bertz CT molecular complexity index is 1210. The van der Waals surface area contributed by atoms with Crippen molar-refractivity contribution in [3.8, 4) is 22.8 Å². The SMILES string of the molecule is Cc1nc(-c2ccc(F)cc2)c(CC(=O)Nc2nc3cc4c(cc3s2)OCCO4)s1. The molecule has 2 aromatic heterocycles. The van der Waals surface area contributed by atoms with Gasteiger partial charge in [0.25, 0.3) is 0 Å². The van der Waals surface area contributed by atoms with Crippen LogP contribution in [0.1, 0.15) is 9.88 Å². The maximum Gasteiger partial charge on any atom is 0.231 e. The number of anilines is 1. The second-order valence-corrected chi connectivity index (χ2v) is 9.04. The van der Waals surface area contributed by atoms with Gasteiger partial charge in [-0.2, -0.15) is 0 Å². The number of amides is 1. The number of thiazole rings is 2. The van der Waals surface area contributed by atoms with Crippen LogP contribution in [0.5, 0.6) is 11.5 Å². The average Bonchev–Trinajstić information content (AvgIpc) is 3.28. The van der Waals surface area contributed by atoms with Crippen molar-refractivity contribution in [2.45, 2.75) is 13.3 Å². The van der Waals surface area contributed by atoms with E-state index in [1.54, 1.807) is 12.1 Å². The molecule has 1 aliphatic heterocycles. The fourth-order valence-electron chi connectivity index (χ4n) is 3.25. The lowest BCUT2D eigenvalue weighted by Crippen LogP contribution is -2.15. The first-order valence-corrected chi connectivity index (χ1v) is 10.9. The summed E-state index contributed by atoms with van der Waals surface area (Å²) in [4.78, 5) is 22.5. The number of carbonyl (C=O) groups excluding carboxylic acids is 1. The van der Waals surface area contributed by atoms with Gasteiger partial charge >= 0.3 is 0 Å². The minimum Gasteiger partial charge on any atom is -0.486 e. The first kappa shape index (κ1) is 19.0. The van der Waals surface area contributed by atoms with Gasteiger partial charge in [0.2, 0.25) is 5.91 Å². The molecule has 9 heteroatoms. The predicted molar refractivity (Wildman–Crippen MR) is 115 cm³/mol. The molecule has 1 aliphatic rings. The van der Waals surface area contributed by atoms with Gasteiger partial charge in [-0.1, -0.05) is 11.3 Å². The highest BCUT2D eigenvalue weighted by molar-refractivity contribution is 7.22. The number of nitrogens with one attached hydrogen (secondary N) is 1. The number of hydrogen-bond donors (Lipinski definition) is 1. The lowest BCUT2D eigenvalue weighted by molar-refractivity contribution is -0.115.